The van der Waals surface area contributed by atoms with Gasteiger partial charge in [0.05, 0.1) is 24.6 Å². The van der Waals surface area contributed by atoms with Gasteiger partial charge in [0, 0.05) is 26.2 Å². The molecule has 0 radical (unpaired) electrons. The summed E-state index contributed by atoms with van der Waals surface area (Å²) < 4.78 is 5.43. The van der Waals surface area contributed by atoms with Gasteiger partial charge in [0.15, 0.2) is 0 Å². The maximum atomic E-state index is 5.43. The van der Waals surface area contributed by atoms with E-state index in [1.54, 1.807) is 0 Å². The minimum atomic E-state index is 0.799. The summed E-state index contributed by atoms with van der Waals surface area (Å²) in [6, 6.07) is 8.38. The first-order chi connectivity index (χ1) is 9.76. The van der Waals surface area contributed by atoms with Crippen LogP contribution in [0, 0.1) is 0 Å². The van der Waals surface area contributed by atoms with Crippen molar-refractivity contribution in [3.63, 3.8) is 0 Å². The van der Waals surface area contributed by atoms with Crippen molar-refractivity contribution < 1.29 is 4.74 Å². The van der Waals surface area contributed by atoms with Crippen LogP contribution in [0.25, 0.3) is 0 Å². The molecule has 0 spiro atoms. The quantitative estimate of drug-likeness (QED) is 0.625. The normalized spacial score (nSPS) is 16.4. The Morgan fingerprint density at radius 3 is 2.50 bits per heavy atom. The highest BCUT2D eigenvalue weighted by Crippen LogP contribution is 2.29. The Kier molecular flexibility index (Phi) is 5.41. The van der Waals surface area contributed by atoms with Crippen molar-refractivity contribution in [1.82, 2.24) is 4.90 Å². The van der Waals surface area contributed by atoms with E-state index < -0.39 is 0 Å². The number of amidine groups is 1. The summed E-state index contributed by atoms with van der Waals surface area (Å²) in [5.74, 6) is 1.08. The zero-order valence-electron chi connectivity index (χ0n) is 12.8. The van der Waals surface area contributed by atoms with Gasteiger partial charge >= 0.3 is 0 Å². The predicted octanol–water partition coefficient (Wildman–Crippen LogP) is 2.91. The molecule has 4 nitrogen and oxygen atoms in total. The molecule has 1 heterocycles. The van der Waals surface area contributed by atoms with Crippen LogP contribution in [0.15, 0.2) is 29.3 Å². The number of hydrogen-bond donors (Lipinski definition) is 0. The van der Waals surface area contributed by atoms with Crippen LogP contribution in [0.5, 0.6) is 0 Å². The second-order valence-electron chi connectivity index (χ2n) is 4.92. The van der Waals surface area contributed by atoms with Crippen molar-refractivity contribution in [3.05, 3.63) is 24.3 Å². The summed E-state index contributed by atoms with van der Waals surface area (Å²) >= 11 is 0. The zero-order valence-corrected chi connectivity index (χ0v) is 12.8. The molecule has 0 bridgehead atoms. The third-order valence-corrected chi connectivity index (χ3v) is 3.74. The molecule has 0 aliphatic carbocycles. The number of morpholine rings is 1. The van der Waals surface area contributed by atoms with E-state index in [1.807, 2.05) is 0 Å². The van der Waals surface area contributed by atoms with E-state index in [9.17, 15) is 0 Å². The van der Waals surface area contributed by atoms with Gasteiger partial charge in [-0.2, -0.15) is 0 Å². The molecule has 2 rings (SSSR count). The standard InChI is InChI=1S/C16H25N3O/c1-4-18(5-2)14(3)17-15-8-6-7-9-16(15)19-10-12-20-13-11-19/h6-9H,4-5,10-13H2,1-3H3/b17-14+. The fourth-order valence-corrected chi connectivity index (χ4v) is 2.56. The molecule has 0 saturated carbocycles. The molecule has 1 aliphatic heterocycles. The molecule has 0 N–H and O–H groups in total. The van der Waals surface area contributed by atoms with E-state index >= 15 is 0 Å². The van der Waals surface area contributed by atoms with E-state index in [0.717, 1.165) is 50.9 Å². The van der Waals surface area contributed by atoms with E-state index in [2.05, 4.69) is 54.8 Å². The van der Waals surface area contributed by atoms with Crippen molar-refractivity contribution in [1.29, 1.82) is 0 Å². The Morgan fingerprint density at radius 1 is 1.20 bits per heavy atom. The van der Waals surface area contributed by atoms with Gasteiger partial charge in [-0.25, -0.2) is 4.99 Å². The molecular weight excluding hydrogens is 250 g/mol. The first-order valence-corrected chi connectivity index (χ1v) is 7.48. The smallest absolute Gasteiger partial charge is 0.102 e. The van der Waals surface area contributed by atoms with Crippen LogP contribution in [-0.4, -0.2) is 50.1 Å². The molecule has 0 atom stereocenters. The fourth-order valence-electron chi connectivity index (χ4n) is 2.56. The largest absolute Gasteiger partial charge is 0.378 e. The van der Waals surface area contributed by atoms with E-state index in [-0.39, 0.29) is 0 Å². The minimum Gasteiger partial charge on any atom is -0.378 e. The first-order valence-electron chi connectivity index (χ1n) is 7.48. The summed E-state index contributed by atoms with van der Waals surface area (Å²) in [6.45, 7) is 11.9. The number of rotatable bonds is 4. The summed E-state index contributed by atoms with van der Waals surface area (Å²) in [4.78, 5) is 9.47. The Bertz CT molecular complexity index is 449. The molecule has 110 valence electrons. The average Bonchev–Trinajstić information content (AvgIpc) is 2.50. The molecule has 20 heavy (non-hydrogen) atoms. The highest BCUT2D eigenvalue weighted by Gasteiger charge is 2.14. The van der Waals surface area contributed by atoms with Gasteiger partial charge < -0.3 is 14.5 Å². The van der Waals surface area contributed by atoms with E-state index in [4.69, 9.17) is 9.73 Å². The molecule has 1 aromatic rings. The number of anilines is 1. The predicted molar refractivity (Wildman–Crippen MR) is 85.2 cm³/mol. The van der Waals surface area contributed by atoms with Gasteiger partial charge in [-0.15, -0.1) is 0 Å². The molecule has 0 unspecified atom stereocenters. The summed E-state index contributed by atoms with van der Waals surface area (Å²) in [7, 11) is 0. The second-order valence-corrected chi connectivity index (χ2v) is 4.92. The van der Waals surface area contributed by atoms with E-state index in [0.29, 0.717) is 0 Å². The molecular formula is C16H25N3O. The molecule has 1 aromatic carbocycles. The monoisotopic (exact) mass is 275 g/mol. The number of aliphatic imine (C=N–C) groups is 1. The number of para-hydroxylation sites is 2. The summed E-state index contributed by atoms with van der Waals surface area (Å²) in [6.07, 6.45) is 0. The van der Waals surface area contributed by atoms with Crippen molar-refractivity contribution in [3.8, 4) is 0 Å². The Balaban J connectivity index is 2.25. The maximum absolute atomic E-state index is 5.43. The van der Waals surface area contributed by atoms with Crippen LogP contribution in [-0.2, 0) is 4.74 Å². The van der Waals surface area contributed by atoms with Gasteiger partial charge in [-0.05, 0) is 32.9 Å². The summed E-state index contributed by atoms with van der Waals surface area (Å²) in [5.41, 5.74) is 2.26. The van der Waals surface area contributed by atoms with Gasteiger partial charge in [0.25, 0.3) is 0 Å². The lowest BCUT2D eigenvalue weighted by Gasteiger charge is -2.30. The number of hydrogen-bond acceptors (Lipinski definition) is 3. The third kappa shape index (κ3) is 3.51. The average molecular weight is 275 g/mol. The van der Waals surface area contributed by atoms with Gasteiger partial charge in [0.2, 0.25) is 0 Å². The van der Waals surface area contributed by atoms with Crippen molar-refractivity contribution in [2.24, 2.45) is 4.99 Å². The van der Waals surface area contributed by atoms with Crippen LogP contribution in [0.3, 0.4) is 0 Å². The van der Waals surface area contributed by atoms with Crippen molar-refractivity contribution in [2.45, 2.75) is 20.8 Å². The SMILES string of the molecule is CCN(CC)/C(C)=N/c1ccccc1N1CCOCC1. The zero-order chi connectivity index (χ0) is 14.4. The number of benzene rings is 1. The van der Waals surface area contributed by atoms with Crippen molar-refractivity contribution >= 4 is 17.2 Å². The lowest BCUT2D eigenvalue weighted by Crippen LogP contribution is -2.36. The van der Waals surface area contributed by atoms with E-state index in [1.165, 1.54) is 5.69 Å². The maximum Gasteiger partial charge on any atom is 0.102 e. The van der Waals surface area contributed by atoms with Crippen LogP contribution in [0.4, 0.5) is 11.4 Å². The molecule has 1 fully saturated rings. The topological polar surface area (TPSA) is 28.1 Å². The van der Waals surface area contributed by atoms with Gasteiger partial charge in [0.1, 0.15) is 5.84 Å². The Morgan fingerprint density at radius 2 is 1.85 bits per heavy atom. The van der Waals surface area contributed by atoms with Crippen LogP contribution in [0.1, 0.15) is 20.8 Å². The fraction of sp³-hybridized carbons (Fsp3) is 0.562. The highest BCUT2D eigenvalue weighted by atomic mass is 16.5. The second kappa shape index (κ2) is 7.29. The van der Waals surface area contributed by atoms with Gasteiger partial charge in [-0.1, -0.05) is 12.1 Å². The molecule has 1 aliphatic rings. The lowest BCUT2D eigenvalue weighted by atomic mass is 10.2. The van der Waals surface area contributed by atoms with Crippen molar-refractivity contribution in [2.75, 3.05) is 44.3 Å². The molecule has 0 aromatic heterocycles. The van der Waals surface area contributed by atoms with Crippen LogP contribution in [0.2, 0.25) is 0 Å². The third-order valence-electron chi connectivity index (χ3n) is 3.74. The minimum absolute atomic E-state index is 0.799. The number of nitrogens with zero attached hydrogens (tertiary/aromatic N) is 3. The Labute approximate surface area is 122 Å². The molecule has 4 heteroatoms. The number of ether oxygens (including phenoxy) is 1. The Hall–Kier alpha value is -1.55. The lowest BCUT2D eigenvalue weighted by molar-refractivity contribution is 0.123. The summed E-state index contributed by atoms with van der Waals surface area (Å²) in [5, 5.41) is 0. The molecule has 1 saturated heterocycles. The van der Waals surface area contributed by atoms with Gasteiger partial charge in [-0.3, -0.25) is 0 Å². The molecule has 0 amide bonds. The first kappa shape index (κ1) is 14.9. The highest BCUT2D eigenvalue weighted by molar-refractivity contribution is 5.85. The van der Waals surface area contributed by atoms with Crippen LogP contribution >= 0.6 is 0 Å². The van der Waals surface area contributed by atoms with Crippen LogP contribution < -0.4 is 4.90 Å².